The Balaban J connectivity index is 1.53. The minimum Gasteiger partial charge on any atom is -0.385 e. The molecule has 2 aliphatic rings. The summed E-state index contributed by atoms with van der Waals surface area (Å²) in [5, 5.41) is 14.2. The summed E-state index contributed by atoms with van der Waals surface area (Å²) in [4.78, 5) is 0. The highest BCUT2D eigenvalue weighted by atomic mass is 16.5. The van der Waals surface area contributed by atoms with E-state index >= 15 is 0 Å². The number of ether oxygens (including phenoxy) is 1. The smallest absolute Gasteiger partial charge is 0.0940 e. The monoisotopic (exact) mass is 304 g/mol. The van der Waals surface area contributed by atoms with Crippen LogP contribution in [0.25, 0.3) is 0 Å². The molecule has 0 bridgehead atoms. The third-order valence-electron chi connectivity index (χ3n) is 5.23. The van der Waals surface area contributed by atoms with Gasteiger partial charge in [-0.2, -0.15) is 0 Å². The highest BCUT2D eigenvalue weighted by Gasteiger charge is 2.31. The zero-order valence-corrected chi connectivity index (χ0v) is 13.3. The van der Waals surface area contributed by atoms with Crippen LogP contribution >= 0.6 is 0 Å². The first kappa shape index (κ1) is 15.8. The van der Waals surface area contributed by atoms with E-state index < -0.39 is 5.60 Å². The fourth-order valence-electron chi connectivity index (χ4n) is 3.55. The first-order valence-electron chi connectivity index (χ1n) is 8.56. The van der Waals surface area contributed by atoms with Gasteiger partial charge < -0.3 is 20.9 Å². The van der Waals surface area contributed by atoms with E-state index in [0.717, 1.165) is 36.6 Å². The standard InChI is InChI=1S/C18H28N2O2/c19-16-5-1-14(2-6-16)13-20-17-7-3-15(4-8-17)18(21)9-11-22-12-10-18/h3-4,7-8,14,16,20-21H,1-2,5-6,9-13,19H2/t14-,16-. The second-order valence-corrected chi connectivity index (χ2v) is 6.88. The van der Waals surface area contributed by atoms with Gasteiger partial charge in [-0.25, -0.2) is 0 Å². The van der Waals surface area contributed by atoms with Crippen molar-refractivity contribution in [2.75, 3.05) is 25.1 Å². The van der Waals surface area contributed by atoms with Gasteiger partial charge in [0.05, 0.1) is 5.60 Å². The molecule has 22 heavy (non-hydrogen) atoms. The highest BCUT2D eigenvalue weighted by Crippen LogP contribution is 2.32. The minimum absolute atomic E-state index is 0.413. The van der Waals surface area contributed by atoms with Gasteiger partial charge in [0.15, 0.2) is 0 Å². The van der Waals surface area contributed by atoms with Crippen molar-refractivity contribution in [1.82, 2.24) is 0 Å². The number of benzene rings is 1. The van der Waals surface area contributed by atoms with Gasteiger partial charge >= 0.3 is 0 Å². The molecule has 4 nitrogen and oxygen atoms in total. The van der Waals surface area contributed by atoms with Gasteiger partial charge in [0, 0.05) is 44.3 Å². The second-order valence-electron chi connectivity index (χ2n) is 6.88. The summed E-state index contributed by atoms with van der Waals surface area (Å²) in [7, 11) is 0. The van der Waals surface area contributed by atoms with Gasteiger partial charge in [0.25, 0.3) is 0 Å². The van der Waals surface area contributed by atoms with Crippen LogP contribution < -0.4 is 11.1 Å². The lowest BCUT2D eigenvalue weighted by Crippen LogP contribution is -2.33. The Hall–Kier alpha value is -1.10. The highest BCUT2D eigenvalue weighted by molar-refractivity contribution is 5.45. The van der Waals surface area contributed by atoms with Crippen LogP contribution in [0.4, 0.5) is 5.69 Å². The third kappa shape index (κ3) is 3.80. The average molecular weight is 304 g/mol. The molecular weight excluding hydrogens is 276 g/mol. The molecule has 2 fully saturated rings. The molecule has 1 aliphatic heterocycles. The minimum atomic E-state index is -0.712. The maximum absolute atomic E-state index is 10.7. The van der Waals surface area contributed by atoms with Crippen molar-refractivity contribution < 1.29 is 9.84 Å². The molecule has 1 aliphatic carbocycles. The van der Waals surface area contributed by atoms with Crippen LogP contribution in [0, 0.1) is 5.92 Å². The fraction of sp³-hybridized carbons (Fsp3) is 0.667. The Morgan fingerprint density at radius 1 is 1.09 bits per heavy atom. The first-order chi connectivity index (χ1) is 10.7. The molecule has 4 heteroatoms. The number of nitrogens with two attached hydrogens (primary N) is 1. The summed E-state index contributed by atoms with van der Waals surface area (Å²) in [6.07, 6.45) is 6.13. The molecule has 4 N–H and O–H groups in total. The van der Waals surface area contributed by atoms with Gasteiger partial charge in [-0.1, -0.05) is 12.1 Å². The normalized spacial score (nSPS) is 28.3. The van der Waals surface area contributed by atoms with E-state index in [1.807, 2.05) is 12.1 Å². The molecule has 1 heterocycles. The molecule has 1 aromatic carbocycles. The molecule has 1 aromatic rings. The van der Waals surface area contributed by atoms with Gasteiger partial charge in [-0.05, 0) is 49.3 Å². The topological polar surface area (TPSA) is 67.5 Å². The van der Waals surface area contributed by atoms with E-state index in [0.29, 0.717) is 32.1 Å². The van der Waals surface area contributed by atoms with Crippen molar-refractivity contribution in [2.24, 2.45) is 11.7 Å². The van der Waals surface area contributed by atoms with E-state index in [1.165, 1.54) is 12.8 Å². The summed E-state index contributed by atoms with van der Waals surface area (Å²) >= 11 is 0. The summed E-state index contributed by atoms with van der Waals surface area (Å²) in [6, 6.07) is 8.67. The van der Waals surface area contributed by atoms with Crippen molar-refractivity contribution in [3.63, 3.8) is 0 Å². The lowest BCUT2D eigenvalue weighted by Gasteiger charge is -2.32. The van der Waals surface area contributed by atoms with Crippen LogP contribution in [0.15, 0.2) is 24.3 Å². The van der Waals surface area contributed by atoms with Gasteiger partial charge in [-0.3, -0.25) is 0 Å². The first-order valence-corrected chi connectivity index (χ1v) is 8.56. The van der Waals surface area contributed by atoms with Crippen molar-refractivity contribution in [1.29, 1.82) is 0 Å². The molecule has 0 amide bonds. The van der Waals surface area contributed by atoms with E-state index in [4.69, 9.17) is 10.5 Å². The van der Waals surface area contributed by atoms with Crippen LogP contribution in [0.1, 0.15) is 44.1 Å². The number of anilines is 1. The molecule has 1 saturated carbocycles. The lowest BCUT2D eigenvalue weighted by molar-refractivity contribution is -0.0679. The zero-order valence-electron chi connectivity index (χ0n) is 13.3. The van der Waals surface area contributed by atoms with Crippen LogP contribution in [0.2, 0.25) is 0 Å². The van der Waals surface area contributed by atoms with E-state index in [9.17, 15) is 5.11 Å². The number of rotatable bonds is 4. The van der Waals surface area contributed by atoms with E-state index in [1.54, 1.807) is 0 Å². The molecule has 0 aromatic heterocycles. The Bertz CT molecular complexity index is 460. The second kappa shape index (κ2) is 6.99. The van der Waals surface area contributed by atoms with Crippen molar-refractivity contribution in [2.45, 2.75) is 50.2 Å². The van der Waals surface area contributed by atoms with Gasteiger partial charge in [-0.15, -0.1) is 0 Å². The molecule has 0 atom stereocenters. The predicted octanol–water partition coefficient (Wildman–Crippen LogP) is 2.61. The Morgan fingerprint density at radius 3 is 2.36 bits per heavy atom. The van der Waals surface area contributed by atoms with Crippen LogP contribution in [0.5, 0.6) is 0 Å². The maximum atomic E-state index is 10.7. The molecule has 0 radical (unpaired) electrons. The lowest BCUT2D eigenvalue weighted by atomic mass is 9.86. The molecular formula is C18H28N2O2. The van der Waals surface area contributed by atoms with Gasteiger partial charge in [0.2, 0.25) is 0 Å². The molecule has 3 rings (SSSR count). The third-order valence-corrected chi connectivity index (χ3v) is 5.23. The average Bonchev–Trinajstić information content (AvgIpc) is 2.55. The van der Waals surface area contributed by atoms with Crippen LogP contribution in [-0.2, 0) is 10.3 Å². The van der Waals surface area contributed by atoms with Crippen molar-refractivity contribution >= 4 is 5.69 Å². The fourth-order valence-corrected chi connectivity index (χ4v) is 3.55. The Morgan fingerprint density at radius 2 is 1.73 bits per heavy atom. The summed E-state index contributed by atoms with van der Waals surface area (Å²) in [5.41, 5.74) is 7.38. The summed E-state index contributed by atoms with van der Waals surface area (Å²) in [5.74, 6) is 0.735. The van der Waals surface area contributed by atoms with Crippen LogP contribution in [-0.4, -0.2) is 30.9 Å². The van der Waals surface area contributed by atoms with E-state index in [-0.39, 0.29) is 0 Å². The quantitative estimate of drug-likeness (QED) is 0.800. The predicted molar refractivity (Wildman–Crippen MR) is 88.8 cm³/mol. The molecule has 0 unspecified atom stereocenters. The largest absolute Gasteiger partial charge is 0.385 e. The number of hydrogen-bond acceptors (Lipinski definition) is 4. The zero-order chi connectivity index (χ0) is 15.4. The molecule has 122 valence electrons. The number of aliphatic hydroxyl groups is 1. The van der Waals surface area contributed by atoms with E-state index in [2.05, 4.69) is 17.4 Å². The molecule has 1 saturated heterocycles. The SMILES string of the molecule is N[C@H]1CC[C@H](CNc2ccc(C3(O)CCOCC3)cc2)CC1. The van der Waals surface area contributed by atoms with Crippen LogP contribution in [0.3, 0.4) is 0 Å². The van der Waals surface area contributed by atoms with Crippen molar-refractivity contribution in [3.8, 4) is 0 Å². The Kier molecular flexibility index (Phi) is 5.01. The maximum Gasteiger partial charge on any atom is 0.0940 e. The van der Waals surface area contributed by atoms with Crippen molar-refractivity contribution in [3.05, 3.63) is 29.8 Å². The Labute approximate surface area is 133 Å². The summed E-state index contributed by atoms with van der Waals surface area (Å²) < 4.78 is 5.34. The number of hydrogen-bond donors (Lipinski definition) is 3. The number of nitrogens with one attached hydrogen (secondary N) is 1. The molecule has 0 spiro atoms. The summed E-state index contributed by atoms with van der Waals surface area (Å²) in [6.45, 7) is 2.30. The van der Waals surface area contributed by atoms with Gasteiger partial charge in [0.1, 0.15) is 0 Å².